The first-order chi connectivity index (χ1) is 4.23. The number of Topliss-reactive ketones (excluding diaryl/α,β-unsaturated/α-hetero) is 1. The van der Waals surface area contributed by atoms with Gasteiger partial charge in [0, 0.05) is 0 Å². The van der Waals surface area contributed by atoms with Crippen molar-refractivity contribution in [3.63, 3.8) is 0 Å². The Morgan fingerprint density at radius 1 is 1.56 bits per heavy atom. The highest BCUT2D eigenvalue weighted by Gasteiger charge is 1.62. The van der Waals surface area contributed by atoms with Crippen LogP contribution in [0.5, 0.6) is 0 Å². The first-order valence-electron chi connectivity index (χ1n) is 2.49. The number of carbonyl (C=O) groups is 1. The number of hydrogen-bond donors (Lipinski definition) is 1. The average Bonchev–Trinajstić information content (AvgIpc) is 2.11. The molecule has 1 aromatic heterocycles. The first kappa shape index (κ1) is 7.81. The number of carbonyl (C=O) groups excluding carboxylic acids is 1. The highest BCUT2D eigenvalue weighted by Crippen LogP contribution is 1.53. The van der Waals surface area contributed by atoms with Crippen LogP contribution in [-0.2, 0) is 4.79 Å². The second kappa shape index (κ2) is 4.96. The van der Waals surface area contributed by atoms with Crippen molar-refractivity contribution in [3.8, 4) is 0 Å². The predicted molar refractivity (Wildman–Crippen MR) is 32.7 cm³/mol. The van der Waals surface area contributed by atoms with E-state index in [0.717, 1.165) is 0 Å². The Kier molecular flexibility index (Phi) is 4.30. The third kappa shape index (κ3) is 10.9. The van der Waals surface area contributed by atoms with Gasteiger partial charge in [-0.25, -0.2) is 4.98 Å². The van der Waals surface area contributed by atoms with Crippen LogP contribution in [-0.4, -0.2) is 21.0 Å². The summed E-state index contributed by atoms with van der Waals surface area (Å²) in [4.78, 5) is 13.0. The van der Waals surface area contributed by atoms with Crippen LogP contribution < -0.4 is 0 Å². The number of nitrogens with zero attached hydrogens (tertiary/aromatic N) is 2. The molecule has 4 nitrogen and oxygen atoms in total. The Morgan fingerprint density at radius 2 is 2.11 bits per heavy atom. The fourth-order valence-electron chi connectivity index (χ4n) is 0.167. The molecule has 0 saturated heterocycles. The van der Waals surface area contributed by atoms with Crippen molar-refractivity contribution in [3.05, 3.63) is 12.7 Å². The molecular weight excluding hydrogens is 118 g/mol. The minimum atomic E-state index is 0.167. The van der Waals surface area contributed by atoms with E-state index in [4.69, 9.17) is 0 Å². The fraction of sp³-hybridized carbons (Fsp3) is 0.400. The summed E-state index contributed by atoms with van der Waals surface area (Å²) < 4.78 is 0. The van der Waals surface area contributed by atoms with Crippen LogP contribution in [0.25, 0.3) is 0 Å². The lowest BCUT2D eigenvalue weighted by Gasteiger charge is -1.56. The zero-order valence-corrected chi connectivity index (χ0v) is 5.46. The van der Waals surface area contributed by atoms with Crippen LogP contribution in [0.3, 0.4) is 0 Å². The second-order valence-corrected chi connectivity index (χ2v) is 1.56. The van der Waals surface area contributed by atoms with Crippen molar-refractivity contribution in [1.29, 1.82) is 0 Å². The normalized spacial score (nSPS) is 7.33. The predicted octanol–water partition coefficient (Wildman–Crippen LogP) is 0.400. The molecule has 0 aromatic carbocycles. The smallest absolute Gasteiger partial charge is 0.137 e. The Labute approximate surface area is 53.3 Å². The van der Waals surface area contributed by atoms with Gasteiger partial charge < -0.3 is 4.79 Å². The van der Waals surface area contributed by atoms with Gasteiger partial charge in [0.15, 0.2) is 0 Å². The number of H-pyrrole nitrogens is 1. The molecule has 0 spiro atoms. The van der Waals surface area contributed by atoms with E-state index in [2.05, 4.69) is 15.2 Å². The maximum Gasteiger partial charge on any atom is 0.137 e. The van der Waals surface area contributed by atoms with Gasteiger partial charge in [-0.15, -0.1) is 0 Å². The third-order valence-corrected chi connectivity index (χ3v) is 0.331. The lowest BCUT2D eigenvalue weighted by atomic mass is 10.6. The molecule has 4 heteroatoms. The molecule has 0 aliphatic heterocycles. The Bertz CT molecular complexity index is 126. The molecule has 50 valence electrons. The van der Waals surface area contributed by atoms with E-state index in [1.807, 2.05) is 0 Å². The van der Waals surface area contributed by atoms with Crippen molar-refractivity contribution in [2.75, 3.05) is 0 Å². The van der Waals surface area contributed by atoms with Crippen LogP contribution in [0.2, 0.25) is 0 Å². The molecule has 9 heavy (non-hydrogen) atoms. The number of rotatable bonds is 0. The van der Waals surface area contributed by atoms with E-state index in [9.17, 15) is 4.79 Å². The minimum Gasteiger partial charge on any atom is -0.300 e. The van der Waals surface area contributed by atoms with E-state index in [1.54, 1.807) is 0 Å². The maximum absolute atomic E-state index is 9.44. The molecule has 0 fully saturated rings. The summed E-state index contributed by atoms with van der Waals surface area (Å²) in [5, 5.41) is 5.99. The topological polar surface area (TPSA) is 58.6 Å². The standard InChI is InChI=1S/C3H6O.C2H3N3/c1-3(2)4;1-3-2-5-4-1/h1-2H3;1-2H,(H,3,4,5). The number of ketones is 1. The summed E-state index contributed by atoms with van der Waals surface area (Å²) in [6.07, 6.45) is 2.96. The molecule has 1 aromatic rings. The van der Waals surface area contributed by atoms with Crippen LogP contribution >= 0.6 is 0 Å². The Hall–Kier alpha value is -1.19. The summed E-state index contributed by atoms with van der Waals surface area (Å²) in [6.45, 7) is 3.06. The monoisotopic (exact) mass is 127 g/mol. The van der Waals surface area contributed by atoms with Crippen molar-refractivity contribution in [2.24, 2.45) is 0 Å². The van der Waals surface area contributed by atoms with Gasteiger partial charge in [-0.2, -0.15) is 5.10 Å². The SMILES string of the molecule is CC(C)=O.c1nc[nH]n1. The number of aromatic amines is 1. The summed E-state index contributed by atoms with van der Waals surface area (Å²) >= 11 is 0. The molecule has 0 amide bonds. The highest BCUT2D eigenvalue weighted by atomic mass is 16.1. The van der Waals surface area contributed by atoms with E-state index < -0.39 is 0 Å². The van der Waals surface area contributed by atoms with Crippen molar-refractivity contribution >= 4 is 5.78 Å². The molecule has 0 bridgehead atoms. The van der Waals surface area contributed by atoms with Crippen LogP contribution in [0, 0.1) is 0 Å². The fourth-order valence-corrected chi connectivity index (χ4v) is 0.167. The lowest BCUT2D eigenvalue weighted by Crippen LogP contribution is -1.69. The van der Waals surface area contributed by atoms with Crippen LogP contribution in [0.15, 0.2) is 12.7 Å². The number of hydrogen-bond acceptors (Lipinski definition) is 3. The molecular formula is C5H9N3O. The molecule has 0 aliphatic rings. The lowest BCUT2D eigenvalue weighted by molar-refractivity contribution is -0.114. The number of aromatic nitrogens is 3. The quantitative estimate of drug-likeness (QED) is 0.548. The Balaban J connectivity index is 0.000000148. The highest BCUT2D eigenvalue weighted by molar-refractivity contribution is 5.72. The maximum atomic E-state index is 9.44. The molecule has 1 N–H and O–H groups in total. The van der Waals surface area contributed by atoms with Gasteiger partial charge in [-0.3, -0.25) is 5.10 Å². The minimum absolute atomic E-state index is 0.167. The van der Waals surface area contributed by atoms with Gasteiger partial charge >= 0.3 is 0 Å². The van der Waals surface area contributed by atoms with Gasteiger partial charge in [-0.1, -0.05) is 0 Å². The van der Waals surface area contributed by atoms with Crippen LogP contribution in [0.1, 0.15) is 13.8 Å². The zero-order chi connectivity index (χ0) is 7.11. The summed E-state index contributed by atoms with van der Waals surface area (Å²) in [7, 11) is 0. The molecule has 0 aliphatic carbocycles. The van der Waals surface area contributed by atoms with E-state index >= 15 is 0 Å². The number of nitrogens with one attached hydrogen (secondary N) is 1. The van der Waals surface area contributed by atoms with Gasteiger partial charge in [0.1, 0.15) is 18.4 Å². The van der Waals surface area contributed by atoms with Gasteiger partial charge in [0.2, 0.25) is 0 Å². The first-order valence-corrected chi connectivity index (χ1v) is 2.49. The Morgan fingerprint density at radius 3 is 2.22 bits per heavy atom. The molecule has 1 heterocycles. The van der Waals surface area contributed by atoms with E-state index in [0.29, 0.717) is 0 Å². The molecule has 0 unspecified atom stereocenters. The van der Waals surface area contributed by atoms with Crippen LogP contribution in [0.4, 0.5) is 0 Å². The van der Waals surface area contributed by atoms with E-state index in [1.165, 1.54) is 26.5 Å². The van der Waals surface area contributed by atoms with Crippen molar-refractivity contribution < 1.29 is 4.79 Å². The summed E-state index contributed by atoms with van der Waals surface area (Å²) in [6, 6.07) is 0. The zero-order valence-electron chi connectivity index (χ0n) is 5.46. The second-order valence-electron chi connectivity index (χ2n) is 1.56. The van der Waals surface area contributed by atoms with Crippen molar-refractivity contribution in [2.45, 2.75) is 13.8 Å². The van der Waals surface area contributed by atoms with Gasteiger partial charge in [-0.05, 0) is 13.8 Å². The summed E-state index contributed by atoms with van der Waals surface area (Å²) in [5.74, 6) is 0.167. The van der Waals surface area contributed by atoms with Gasteiger partial charge in [0.25, 0.3) is 0 Å². The van der Waals surface area contributed by atoms with Gasteiger partial charge in [0.05, 0.1) is 0 Å². The molecule has 1 rings (SSSR count). The largest absolute Gasteiger partial charge is 0.300 e. The molecule has 0 atom stereocenters. The summed E-state index contributed by atoms with van der Waals surface area (Å²) in [5.41, 5.74) is 0. The third-order valence-electron chi connectivity index (χ3n) is 0.331. The van der Waals surface area contributed by atoms with Crippen molar-refractivity contribution in [1.82, 2.24) is 15.2 Å². The average molecular weight is 127 g/mol. The van der Waals surface area contributed by atoms with E-state index in [-0.39, 0.29) is 5.78 Å². The molecule has 0 radical (unpaired) electrons. The molecule has 0 saturated carbocycles.